The molecule has 4 heteroatoms. The third kappa shape index (κ3) is 1.96. The van der Waals surface area contributed by atoms with Crippen LogP contribution < -0.4 is 5.43 Å². The average Bonchev–Trinajstić information content (AvgIpc) is 2.83. The van der Waals surface area contributed by atoms with Gasteiger partial charge in [0.1, 0.15) is 5.69 Å². The zero-order chi connectivity index (χ0) is 16.5. The number of amides is 1. The van der Waals surface area contributed by atoms with Gasteiger partial charge in [-0.25, -0.2) is 0 Å². The second-order valence-corrected chi connectivity index (χ2v) is 8.38. The number of hydrogen-bond donors (Lipinski definition) is 0. The predicted octanol–water partition coefficient (Wildman–Crippen LogP) is 3.07. The molecule has 2 aliphatic heterocycles. The lowest BCUT2D eigenvalue weighted by Gasteiger charge is -2.52. The maximum Gasteiger partial charge on any atom is 0.271 e. The fraction of sp³-hybridized carbons (Fsp3) is 0.684. The first kappa shape index (κ1) is 15.0. The molecule has 0 aromatic carbocycles. The third-order valence-electron chi connectivity index (χ3n) is 6.28. The van der Waals surface area contributed by atoms with E-state index >= 15 is 0 Å². The number of hydrogen-bond acceptors (Lipinski definition) is 2. The van der Waals surface area contributed by atoms with Gasteiger partial charge >= 0.3 is 0 Å². The number of nitrogens with zero attached hydrogens (tertiary/aromatic N) is 2. The Morgan fingerprint density at radius 3 is 2.70 bits per heavy atom. The summed E-state index contributed by atoms with van der Waals surface area (Å²) in [7, 11) is 0. The molecule has 1 saturated heterocycles. The number of carbonyl (C=O) groups is 1. The minimum atomic E-state index is -0.0933. The molecule has 1 aromatic rings. The molecule has 3 atom stereocenters. The van der Waals surface area contributed by atoms with E-state index in [9.17, 15) is 9.59 Å². The monoisotopic (exact) mass is 314 g/mol. The Labute approximate surface area is 137 Å². The molecule has 2 fully saturated rings. The maximum atomic E-state index is 13.3. The van der Waals surface area contributed by atoms with Gasteiger partial charge in [-0.05, 0) is 51.4 Å². The maximum absolute atomic E-state index is 13.3. The third-order valence-corrected chi connectivity index (χ3v) is 6.28. The van der Waals surface area contributed by atoms with Crippen molar-refractivity contribution in [3.05, 3.63) is 33.2 Å². The molecular formula is C19H26N2O2. The molecule has 23 heavy (non-hydrogen) atoms. The number of piperidine rings is 1. The molecule has 0 spiro atoms. The fourth-order valence-corrected chi connectivity index (χ4v) is 5.31. The molecule has 2 bridgehead atoms. The van der Waals surface area contributed by atoms with Crippen LogP contribution in [0.2, 0.25) is 0 Å². The first-order valence-electron chi connectivity index (χ1n) is 8.89. The lowest BCUT2D eigenvalue weighted by Crippen LogP contribution is -2.62. The van der Waals surface area contributed by atoms with Gasteiger partial charge < -0.3 is 9.47 Å². The Hall–Kier alpha value is -1.58. The van der Waals surface area contributed by atoms with Gasteiger partial charge in [0, 0.05) is 29.9 Å². The SMILES string of the molecule is Cc1c2n(cc(C(C)C)c1=O)C[C@@]1(C)C[C@@H]3CC[C@@H](C3)N1C2=O. The van der Waals surface area contributed by atoms with Gasteiger partial charge in [0.15, 0.2) is 5.43 Å². The van der Waals surface area contributed by atoms with Gasteiger partial charge in [-0.3, -0.25) is 9.59 Å². The largest absolute Gasteiger partial charge is 0.340 e. The molecule has 1 aliphatic carbocycles. The molecule has 0 N–H and O–H groups in total. The van der Waals surface area contributed by atoms with Crippen LogP contribution in [-0.4, -0.2) is 27.0 Å². The second-order valence-electron chi connectivity index (χ2n) is 8.38. The van der Waals surface area contributed by atoms with E-state index in [2.05, 4.69) is 16.4 Å². The van der Waals surface area contributed by atoms with Crippen LogP contribution in [0.5, 0.6) is 0 Å². The van der Waals surface area contributed by atoms with Crippen LogP contribution in [-0.2, 0) is 6.54 Å². The highest BCUT2D eigenvalue weighted by Crippen LogP contribution is 2.47. The van der Waals surface area contributed by atoms with Crippen LogP contribution in [0.15, 0.2) is 11.0 Å². The predicted molar refractivity (Wildman–Crippen MR) is 89.8 cm³/mol. The first-order valence-corrected chi connectivity index (χ1v) is 8.89. The summed E-state index contributed by atoms with van der Waals surface area (Å²) in [6.45, 7) is 8.97. The van der Waals surface area contributed by atoms with Gasteiger partial charge in [-0.2, -0.15) is 0 Å². The zero-order valence-electron chi connectivity index (χ0n) is 14.6. The second kappa shape index (κ2) is 4.71. The standard InChI is InChI=1S/C19H26N2O2/c1-11(2)15-9-20-10-19(4)8-13-5-6-14(7-13)21(19)18(23)16(20)12(3)17(15)22/h9,11,13-14H,5-8,10H2,1-4H3/t13-,14+,19-/m1/s1. The highest BCUT2D eigenvalue weighted by molar-refractivity contribution is 5.95. The highest BCUT2D eigenvalue weighted by Gasteiger charge is 2.52. The molecule has 3 aliphatic rings. The quantitative estimate of drug-likeness (QED) is 0.799. The van der Waals surface area contributed by atoms with E-state index in [0.29, 0.717) is 17.3 Å². The Balaban J connectivity index is 1.90. The molecule has 1 aromatic heterocycles. The Morgan fingerprint density at radius 1 is 1.26 bits per heavy atom. The molecule has 4 nitrogen and oxygen atoms in total. The van der Waals surface area contributed by atoms with E-state index in [4.69, 9.17) is 0 Å². The van der Waals surface area contributed by atoms with E-state index in [1.807, 2.05) is 27.0 Å². The fourth-order valence-electron chi connectivity index (χ4n) is 5.31. The van der Waals surface area contributed by atoms with E-state index in [0.717, 1.165) is 37.3 Å². The lowest BCUT2D eigenvalue weighted by molar-refractivity contribution is -0.00415. The molecule has 4 rings (SSSR count). The van der Waals surface area contributed by atoms with Crippen molar-refractivity contribution in [3.8, 4) is 0 Å². The van der Waals surface area contributed by atoms with Gasteiger partial charge in [-0.1, -0.05) is 13.8 Å². The first-order chi connectivity index (χ1) is 10.8. The van der Waals surface area contributed by atoms with Gasteiger partial charge in [0.2, 0.25) is 0 Å². The minimum absolute atomic E-state index is 0.0458. The summed E-state index contributed by atoms with van der Waals surface area (Å²) in [5.74, 6) is 1.03. The molecule has 0 radical (unpaired) electrons. The molecular weight excluding hydrogens is 288 g/mol. The van der Waals surface area contributed by atoms with Crippen LogP contribution in [0.3, 0.4) is 0 Å². The molecule has 1 amide bonds. The number of rotatable bonds is 1. The molecule has 0 unspecified atom stereocenters. The summed E-state index contributed by atoms with van der Waals surface area (Å²) in [4.78, 5) is 28.0. The van der Waals surface area contributed by atoms with Crippen LogP contribution >= 0.6 is 0 Å². The van der Waals surface area contributed by atoms with Crippen molar-refractivity contribution >= 4 is 5.91 Å². The van der Waals surface area contributed by atoms with Crippen molar-refractivity contribution in [1.82, 2.24) is 9.47 Å². The van der Waals surface area contributed by atoms with E-state index in [1.54, 1.807) is 0 Å². The zero-order valence-corrected chi connectivity index (χ0v) is 14.6. The van der Waals surface area contributed by atoms with E-state index in [1.165, 1.54) is 6.42 Å². The summed E-state index contributed by atoms with van der Waals surface area (Å²) < 4.78 is 2.08. The molecule has 124 valence electrons. The van der Waals surface area contributed by atoms with Crippen LogP contribution in [0, 0.1) is 12.8 Å². The number of pyridine rings is 1. The smallest absolute Gasteiger partial charge is 0.271 e. The Morgan fingerprint density at radius 2 is 2.00 bits per heavy atom. The summed E-state index contributed by atoms with van der Waals surface area (Å²) in [5, 5.41) is 0. The topological polar surface area (TPSA) is 42.3 Å². The number of fused-ring (bicyclic) bond motifs is 5. The van der Waals surface area contributed by atoms with Crippen molar-refractivity contribution in [2.24, 2.45) is 5.92 Å². The normalized spacial score (nSPS) is 32.2. The average molecular weight is 314 g/mol. The van der Waals surface area contributed by atoms with Crippen LogP contribution in [0.25, 0.3) is 0 Å². The Kier molecular flexibility index (Phi) is 3.07. The van der Waals surface area contributed by atoms with Gasteiger partial charge in [0.05, 0.1) is 5.54 Å². The summed E-state index contributed by atoms with van der Waals surface area (Å²) in [6, 6.07) is 0.374. The highest BCUT2D eigenvalue weighted by atomic mass is 16.2. The van der Waals surface area contributed by atoms with Crippen molar-refractivity contribution in [3.63, 3.8) is 0 Å². The molecule has 1 saturated carbocycles. The van der Waals surface area contributed by atoms with E-state index < -0.39 is 0 Å². The van der Waals surface area contributed by atoms with Crippen molar-refractivity contribution in [2.45, 2.75) is 77.4 Å². The van der Waals surface area contributed by atoms with E-state index in [-0.39, 0.29) is 22.8 Å². The van der Waals surface area contributed by atoms with Crippen molar-refractivity contribution in [2.75, 3.05) is 0 Å². The van der Waals surface area contributed by atoms with Crippen molar-refractivity contribution < 1.29 is 4.79 Å². The van der Waals surface area contributed by atoms with Crippen molar-refractivity contribution in [1.29, 1.82) is 0 Å². The number of carbonyl (C=O) groups excluding carboxylic acids is 1. The molecule has 3 heterocycles. The summed E-state index contributed by atoms with van der Waals surface area (Å²) in [6.07, 6.45) is 6.56. The van der Waals surface area contributed by atoms with Gasteiger partial charge in [0.25, 0.3) is 5.91 Å². The Bertz CT molecular complexity index is 748. The van der Waals surface area contributed by atoms with Crippen LogP contribution in [0.4, 0.5) is 0 Å². The lowest BCUT2D eigenvalue weighted by atomic mass is 9.80. The van der Waals surface area contributed by atoms with Crippen LogP contribution in [0.1, 0.15) is 74.0 Å². The van der Waals surface area contributed by atoms with Gasteiger partial charge in [-0.15, -0.1) is 0 Å². The summed E-state index contributed by atoms with van der Waals surface area (Å²) >= 11 is 0. The number of aromatic nitrogens is 1. The summed E-state index contributed by atoms with van der Waals surface area (Å²) in [5.41, 5.74) is 2.04. The minimum Gasteiger partial charge on any atom is -0.340 e.